The minimum atomic E-state index is -0.837. The molecule has 2 aromatic carbocycles. The minimum Gasteiger partial charge on any atom is -0.497 e. The molecule has 1 amide bonds. The number of carbonyl (C=O) groups is 1. The second-order valence-electron chi connectivity index (χ2n) is 6.30. The highest BCUT2D eigenvalue weighted by atomic mass is 16.5. The lowest BCUT2D eigenvalue weighted by atomic mass is 10.2. The molecular formula is C20H17N5O3. The second-order valence-corrected chi connectivity index (χ2v) is 6.30. The van der Waals surface area contributed by atoms with E-state index < -0.39 is 6.04 Å². The van der Waals surface area contributed by atoms with E-state index in [1.807, 2.05) is 18.2 Å². The Bertz CT molecular complexity index is 1250. The van der Waals surface area contributed by atoms with Gasteiger partial charge in [0.15, 0.2) is 0 Å². The number of carbonyl (C=O) groups excluding carboxylic acids is 1. The van der Waals surface area contributed by atoms with Crippen LogP contribution in [0.1, 0.15) is 13.0 Å². The Morgan fingerprint density at radius 3 is 2.79 bits per heavy atom. The summed E-state index contributed by atoms with van der Waals surface area (Å²) in [5, 5.41) is 12.0. The molecule has 2 heterocycles. The monoisotopic (exact) mass is 375 g/mol. The number of pyridine rings is 1. The van der Waals surface area contributed by atoms with Crippen LogP contribution in [0.2, 0.25) is 0 Å². The summed E-state index contributed by atoms with van der Waals surface area (Å²) in [7, 11) is 1.59. The summed E-state index contributed by atoms with van der Waals surface area (Å²) in [5.74, 6) is 0.320. The maximum absolute atomic E-state index is 12.7. The summed E-state index contributed by atoms with van der Waals surface area (Å²) < 4.78 is 6.26. The van der Waals surface area contributed by atoms with Gasteiger partial charge in [0.25, 0.3) is 5.56 Å². The normalized spacial score (nSPS) is 12.1. The van der Waals surface area contributed by atoms with Crippen LogP contribution in [0.3, 0.4) is 0 Å². The Labute approximate surface area is 159 Å². The highest BCUT2D eigenvalue weighted by Gasteiger charge is 2.19. The molecule has 2 aromatic heterocycles. The lowest BCUT2D eigenvalue weighted by Gasteiger charge is -2.14. The zero-order chi connectivity index (χ0) is 19.7. The lowest BCUT2D eigenvalue weighted by Crippen LogP contribution is -2.34. The van der Waals surface area contributed by atoms with E-state index in [9.17, 15) is 9.59 Å². The van der Waals surface area contributed by atoms with Crippen LogP contribution in [0.25, 0.3) is 21.8 Å². The molecule has 28 heavy (non-hydrogen) atoms. The van der Waals surface area contributed by atoms with Crippen molar-refractivity contribution in [2.75, 3.05) is 12.4 Å². The number of nitrogens with zero attached hydrogens (tertiary/aromatic N) is 4. The smallest absolute Gasteiger partial charge is 0.278 e. The first kappa shape index (κ1) is 17.6. The van der Waals surface area contributed by atoms with Gasteiger partial charge in [0.1, 0.15) is 17.3 Å². The first-order chi connectivity index (χ1) is 13.6. The molecule has 0 bridgehead atoms. The predicted molar refractivity (Wildman–Crippen MR) is 105 cm³/mol. The Hall–Kier alpha value is -3.81. The van der Waals surface area contributed by atoms with E-state index in [-0.39, 0.29) is 11.5 Å². The largest absolute Gasteiger partial charge is 0.497 e. The SMILES string of the molecule is COc1ccc2cc(NC(=O)[C@@H](C)n3nnc4ccccc4c3=O)cnc2c1. The van der Waals surface area contributed by atoms with E-state index in [1.54, 1.807) is 50.6 Å². The van der Waals surface area contributed by atoms with Crippen molar-refractivity contribution in [3.05, 3.63) is 65.1 Å². The number of methoxy groups -OCH3 is 1. The second kappa shape index (κ2) is 7.07. The number of benzene rings is 2. The number of amides is 1. The van der Waals surface area contributed by atoms with Gasteiger partial charge in [-0.05, 0) is 37.3 Å². The molecule has 0 saturated heterocycles. The van der Waals surface area contributed by atoms with Crippen molar-refractivity contribution in [1.29, 1.82) is 0 Å². The average molecular weight is 375 g/mol. The quantitative estimate of drug-likeness (QED) is 0.588. The van der Waals surface area contributed by atoms with Crippen LogP contribution in [0.5, 0.6) is 5.75 Å². The van der Waals surface area contributed by atoms with Gasteiger partial charge >= 0.3 is 0 Å². The van der Waals surface area contributed by atoms with Gasteiger partial charge in [-0.1, -0.05) is 17.3 Å². The summed E-state index contributed by atoms with van der Waals surface area (Å²) in [6.07, 6.45) is 1.56. The van der Waals surface area contributed by atoms with Gasteiger partial charge in [-0.2, -0.15) is 4.68 Å². The molecule has 1 atom stereocenters. The van der Waals surface area contributed by atoms with Crippen LogP contribution in [-0.4, -0.2) is 33.0 Å². The molecule has 0 spiro atoms. The number of nitrogens with one attached hydrogen (secondary N) is 1. The van der Waals surface area contributed by atoms with Gasteiger partial charge in [0.2, 0.25) is 5.91 Å². The van der Waals surface area contributed by atoms with Crippen molar-refractivity contribution in [2.45, 2.75) is 13.0 Å². The fourth-order valence-corrected chi connectivity index (χ4v) is 2.91. The van der Waals surface area contributed by atoms with Crippen LogP contribution >= 0.6 is 0 Å². The van der Waals surface area contributed by atoms with Crippen molar-refractivity contribution < 1.29 is 9.53 Å². The van der Waals surface area contributed by atoms with Gasteiger partial charge in [0, 0.05) is 11.5 Å². The Morgan fingerprint density at radius 2 is 1.96 bits per heavy atom. The molecule has 0 fully saturated rings. The number of aromatic nitrogens is 4. The molecule has 1 N–H and O–H groups in total. The van der Waals surface area contributed by atoms with Crippen LogP contribution < -0.4 is 15.6 Å². The van der Waals surface area contributed by atoms with Gasteiger partial charge in [-0.15, -0.1) is 5.10 Å². The number of ether oxygens (including phenoxy) is 1. The Kier molecular flexibility index (Phi) is 4.44. The number of anilines is 1. The standard InChI is InChI=1S/C20H17N5O3/c1-12(25-20(27)16-5-3-4-6-17(16)23-24-25)19(26)22-14-9-13-7-8-15(28-2)10-18(13)21-11-14/h3-12H,1-2H3,(H,22,26)/t12-/m1/s1. The molecule has 8 nitrogen and oxygen atoms in total. The minimum absolute atomic E-state index is 0.364. The van der Waals surface area contributed by atoms with Crippen LogP contribution in [0.4, 0.5) is 5.69 Å². The number of rotatable bonds is 4. The first-order valence-electron chi connectivity index (χ1n) is 8.66. The zero-order valence-corrected chi connectivity index (χ0v) is 15.3. The Balaban J connectivity index is 1.60. The fraction of sp³-hybridized carbons (Fsp3) is 0.150. The van der Waals surface area contributed by atoms with Crippen molar-refractivity contribution >= 4 is 33.4 Å². The maximum Gasteiger partial charge on any atom is 0.278 e. The van der Waals surface area contributed by atoms with Crippen LogP contribution in [0.15, 0.2) is 59.5 Å². The fourth-order valence-electron chi connectivity index (χ4n) is 2.91. The van der Waals surface area contributed by atoms with Crippen molar-refractivity contribution in [3.8, 4) is 5.75 Å². The van der Waals surface area contributed by atoms with Gasteiger partial charge in [-0.25, -0.2) is 0 Å². The summed E-state index contributed by atoms with van der Waals surface area (Å²) in [6.45, 7) is 1.60. The van der Waals surface area contributed by atoms with Crippen LogP contribution in [-0.2, 0) is 4.79 Å². The highest BCUT2D eigenvalue weighted by Crippen LogP contribution is 2.22. The number of hydrogen-bond donors (Lipinski definition) is 1. The number of hydrogen-bond acceptors (Lipinski definition) is 6. The summed E-state index contributed by atoms with van der Waals surface area (Å²) in [4.78, 5) is 29.6. The van der Waals surface area contributed by atoms with Crippen molar-refractivity contribution in [2.24, 2.45) is 0 Å². The molecule has 8 heteroatoms. The summed E-state index contributed by atoms with van der Waals surface area (Å²) >= 11 is 0. The number of fused-ring (bicyclic) bond motifs is 2. The third-order valence-corrected chi connectivity index (χ3v) is 4.50. The third-order valence-electron chi connectivity index (χ3n) is 4.50. The molecule has 4 aromatic rings. The average Bonchev–Trinajstić information content (AvgIpc) is 2.73. The van der Waals surface area contributed by atoms with E-state index in [0.29, 0.717) is 22.3 Å². The van der Waals surface area contributed by atoms with Crippen molar-refractivity contribution in [3.63, 3.8) is 0 Å². The highest BCUT2D eigenvalue weighted by molar-refractivity contribution is 5.95. The van der Waals surface area contributed by atoms with E-state index in [0.717, 1.165) is 15.6 Å². The molecule has 4 rings (SSSR count). The maximum atomic E-state index is 12.7. The third kappa shape index (κ3) is 3.16. The van der Waals surface area contributed by atoms with Gasteiger partial charge in [0.05, 0.1) is 29.9 Å². The Morgan fingerprint density at radius 1 is 1.14 bits per heavy atom. The van der Waals surface area contributed by atoms with E-state index in [2.05, 4.69) is 20.6 Å². The first-order valence-corrected chi connectivity index (χ1v) is 8.66. The lowest BCUT2D eigenvalue weighted by molar-refractivity contribution is -0.119. The summed E-state index contributed by atoms with van der Waals surface area (Å²) in [6, 6.07) is 13.4. The topological polar surface area (TPSA) is 99.0 Å². The molecular weight excluding hydrogens is 358 g/mol. The molecule has 0 saturated carbocycles. The molecule has 140 valence electrons. The van der Waals surface area contributed by atoms with Crippen molar-refractivity contribution in [1.82, 2.24) is 20.0 Å². The molecule has 0 radical (unpaired) electrons. The molecule has 0 aliphatic rings. The molecule has 0 unspecified atom stereocenters. The summed E-state index contributed by atoms with van der Waals surface area (Å²) in [5.41, 5.74) is 1.40. The van der Waals surface area contributed by atoms with E-state index in [4.69, 9.17) is 4.74 Å². The van der Waals surface area contributed by atoms with Crippen LogP contribution in [0, 0.1) is 0 Å². The predicted octanol–water partition coefficient (Wildman–Crippen LogP) is 2.55. The van der Waals surface area contributed by atoms with E-state index >= 15 is 0 Å². The molecule has 0 aliphatic carbocycles. The van der Waals surface area contributed by atoms with E-state index in [1.165, 1.54) is 0 Å². The molecule has 0 aliphatic heterocycles. The van der Waals surface area contributed by atoms with Gasteiger partial charge in [-0.3, -0.25) is 14.6 Å². The van der Waals surface area contributed by atoms with Gasteiger partial charge < -0.3 is 10.1 Å². The zero-order valence-electron chi connectivity index (χ0n) is 15.3.